The molecule has 0 unspecified atom stereocenters. The zero-order valence-electron chi connectivity index (χ0n) is 15.4. The fraction of sp³-hybridized carbons (Fsp3) is 0.364. The molecule has 1 saturated carbocycles. The molecule has 3 aromatic rings. The summed E-state index contributed by atoms with van der Waals surface area (Å²) in [5, 5.41) is 13.5. The number of benzene rings is 2. The molecule has 0 spiro atoms. The van der Waals surface area contributed by atoms with Gasteiger partial charge in [-0.05, 0) is 37.0 Å². The molecule has 5 heteroatoms. The summed E-state index contributed by atoms with van der Waals surface area (Å²) in [5.74, 6) is 0.746. The minimum Gasteiger partial charge on any atom is -0.391 e. The lowest BCUT2D eigenvalue weighted by molar-refractivity contribution is 0.134. The van der Waals surface area contributed by atoms with Crippen LogP contribution < -0.4 is 10.6 Å². The van der Waals surface area contributed by atoms with E-state index in [0.717, 1.165) is 36.2 Å². The van der Waals surface area contributed by atoms with Crippen molar-refractivity contribution in [2.24, 2.45) is 0 Å². The van der Waals surface area contributed by atoms with Gasteiger partial charge >= 0.3 is 0 Å². The van der Waals surface area contributed by atoms with Crippen molar-refractivity contribution in [3.8, 4) is 0 Å². The van der Waals surface area contributed by atoms with Crippen LogP contribution in [0.3, 0.4) is 0 Å². The van der Waals surface area contributed by atoms with Crippen LogP contribution in [-0.4, -0.2) is 26.9 Å². The zero-order valence-corrected chi connectivity index (χ0v) is 15.4. The van der Waals surface area contributed by atoms with Crippen molar-refractivity contribution in [2.45, 2.75) is 50.3 Å². The van der Waals surface area contributed by atoms with Gasteiger partial charge in [0.15, 0.2) is 0 Å². The van der Waals surface area contributed by atoms with Crippen LogP contribution in [-0.2, 0) is 12.0 Å². The second kappa shape index (κ2) is 5.92. The summed E-state index contributed by atoms with van der Waals surface area (Å²) in [7, 11) is 0. The van der Waals surface area contributed by atoms with E-state index in [1.54, 1.807) is 4.68 Å². The Labute approximate surface area is 157 Å². The molecule has 2 aliphatic rings. The summed E-state index contributed by atoms with van der Waals surface area (Å²) in [5.41, 5.74) is 1.52. The first-order valence-corrected chi connectivity index (χ1v) is 9.72. The van der Waals surface area contributed by atoms with Crippen molar-refractivity contribution in [3.05, 3.63) is 76.3 Å². The van der Waals surface area contributed by atoms with E-state index in [2.05, 4.69) is 17.1 Å². The highest BCUT2D eigenvalue weighted by molar-refractivity contribution is 5.77. The van der Waals surface area contributed by atoms with Crippen LogP contribution in [0.25, 0.3) is 10.9 Å². The minimum atomic E-state index is -0.443. The first-order chi connectivity index (χ1) is 13.2. The Balaban J connectivity index is 1.75. The maximum Gasteiger partial charge on any atom is 0.280 e. The second-order valence-corrected chi connectivity index (χ2v) is 7.55. The molecular formula is C22H23N3O2. The van der Waals surface area contributed by atoms with Crippen molar-refractivity contribution < 1.29 is 5.11 Å². The molecule has 27 heavy (non-hydrogen) atoms. The summed E-state index contributed by atoms with van der Waals surface area (Å²) < 4.78 is 1.74. The third-order valence-electron chi connectivity index (χ3n) is 6.14. The van der Waals surface area contributed by atoms with Crippen LogP contribution in [0, 0.1) is 0 Å². The third kappa shape index (κ3) is 2.21. The number of rotatable bonds is 3. The van der Waals surface area contributed by atoms with Gasteiger partial charge in [-0.2, -0.15) is 0 Å². The monoisotopic (exact) mass is 361 g/mol. The van der Waals surface area contributed by atoms with E-state index in [-0.39, 0.29) is 17.1 Å². The fourth-order valence-electron chi connectivity index (χ4n) is 4.92. The highest BCUT2D eigenvalue weighted by Gasteiger charge is 2.69. The van der Waals surface area contributed by atoms with Crippen LogP contribution in [0.5, 0.6) is 0 Å². The summed E-state index contributed by atoms with van der Waals surface area (Å²) in [4.78, 5) is 18.2. The Morgan fingerprint density at radius 2 is 1.89 bits per heavy atom. The number of aryl methyl sites for hydroxylation is 1. The number of hydrogen-bond acceptors (Lipinski definition) is 4. The summed E-state index contributed by atoms with van der Waals surface area (Å²) in [6, 6.07) is 17.7. The molecule has 5 nitrogen and oxygen atoms in total. The fourth-order valence-corrected chi connectivity index (χ4v) is 4.92. The average molecular weight is 361 g/mol. The SMILES string of the molecule is CCc1nc2ccccc2c(=O)n1N1[C@@H]2[C@H](O)CCC[C@@]21c1ccccc1. The molecule has 2 fully saturated rings. The Kier molecular flexibility index (Phi) is 3.62. The molecule has 0 radical (unpaired) electrons. The van der Waals surface area contributed by atoms with Crippen molar-refractivity contribution in [3.63, 3.8) is 0 Å². The number of nitrogens with zero attached hydrogens (tertiary/aromatic N) is 3. The van der Waals surface area contributed by atoms with Crippen molar-refractivity contribution in [1.82, 2.24) is 9.66 Å². The summed E-state index contributed by atoms with van der Waals surface area (Å²) >= 11 is 0. The molecule has 1 N–H and O–H groups in total. The highest BCUT2D eigenvalue weighted by atomic mass is 16.3. The van der Waals surface area contributed by atoms with Gasteiger partial charge in [0.05, 0.1) is 17.0 Å². The van der Waals surface area contributed by atoms with Gasteiger partial charge in [0.2, 0.25) is 0 Å². The molecule has 2 heterocycles. The predicted molar refractivity (Wildman–Crippen MR) is 105 cm³/mol. The topological polar surface area (TPSA) is 58.1 Å². The average Bonchev–Trinajstić information content (AvgIpc) is 3.40. The number of aliphatic hydroxyl groups is 1. The van der Waals surface area contributed by atoms with Crippen molar-refractivity contribution in [1.29, 1.82) is 0 Å². The van der Waals surface area contributed by atoms with Gasteiger partial charge in [-0.3, -0.25) is 9.80 Å². The van der Waals surface area contributed by atoms with Gasteiger partial charge in [-0.1, -0.05) is 49.4 Å². The summed E-state index contributed by atoms with van der Waals surface area (Å²) in [6.07, 6.45) is 2.86. The molecule has 138 valence electrons. The van der Waals surface area contributed by atoms with Crippen molar-refractivity contribution >= 4 is 10.9 Å². The number of para-hydroxylation sites is 1. The Morgan fingerprint density at radius 1 is 1.15 bits per heavy atom. The molecule has 3 atom stereocenters. The number of hydrogen-bond donors (Lipinski definition) is 1. The van der Waals surface area contributed by atoms with Gasteiger partial charge in [0.25, 0.3) is 5.56 Å². The molecule has 1 aromatic heterocycles. The Morgan fingerprint density at radius 3 is 2.67 bits per heavy atom. The summed E-state index contributed by atoms with van der Waals surface area (Å²) in [6.45, 7) is 2.02. The van der Waals surface area contributed by atoms with Gasteiger partial charge in [0.1, 0.15) is 17.4 Å². The molecule has 0 amide bonds. The van der Waals surface area contributed by atoms with E-state index in [9.17, 15) is 9.90 Å². The second-order valence-electron chi connectivity index (χ2n) is 7.55. The maximum absolute atomic E-state index is 13.4. The largest absolute Gasteiger partial charge is 0.391 e. The minimum absolute atomic E-state index is 0.0469. The molecule has 2 aromatic carbocycles. The van der Waals surface area contributed by atoms with Crippen LogP contribution >= 0.6 is 0 Å². The first kappa shape index (κ1) is 16.5. The molecule has 0 bridgehead atoms. The number of fused-ring (bicyclic) bond motifs is 2. The molecule has 1 aliphatic carbocycles. The zero-order chi connectivity index (χ0) is 18.6. The molecule has 5 rings (SSSR count). The smallest absolute Gasteiger partial charge is 0.280 e. The van der Waals surface area contributed by atoms with E-state index in [1.807, 2.05) is 49.4 Å². The lowest BCUT2D eigenvalue weighted by Gasteiger charge is -2.23. The predicted octanol–water partition coefficient (Wildman–Crippen LogP) is 2.72. The van der Waals surface area contributed by atoms with Gasteiger partial charge in [-0.25, -0.2) is 9.66 Å². The van der Waals surface area contributed by atoms with Gasteiger partial charge < -0.3 is 5.11 Å². The van der Waals surface area contributed by atoms with Crippen LogP contribution in [0.1, 0.15) is 37.6 Å². The lowest BCUT2D eigenvalue weighted by atomic mass is 9.82. The van der Waals surface area contributed by atoms with Crippen LogP contribution in [0.2, 0.25) is 0 Å². The normalized spacial score (nSPS) is 26.8. The quantitative estimate of drug-likeness (QED) is 0.729. The molecule has 1 aliphatic heterocycles. The van der Waals surface area contributed by atoms with E-state index in [1.165, 1.54) is 0 Å². The number of aliphatic hydroxyl groups excluding tert-OH is 1. The molecular weight excluding hydrogens is 338 g/mol. The standard InChI is InChI=1S/C22H23N3O2/c1-2-19-23-17-12-7-6-11-16(17)21(27)24(19)25-20-18(26)13-8-14-22(20,25)15-9-4-3-5-10-15/h3-7,9-12,18,20,26H,2,8,13-14H2,1H3/t18-,20-,22-,25?/m1/s1. The number of aromatic nitrogens is 2. The molecule has 1 saturated heterocycles. The lowest BCUT2D eigenvalue weighted by Crippen LogP contribution is -2.37. The van der Waals surface area contributed by atoms with Gasteiger partial charge in [0, 0.05) is 6.42 Å². The van der Waals surface area contributed by atoms with Crippen LogP contribution in [0.4, 0.5) is 0 Å². The highest BCUT2D eigenvalue weighted by Crippen LogP contribution is 2.56. The van der Waals surface area contributed by atoms with Gasteiger partial charge in [-0.15, -0.1) is 0 Å². The maximum atomic E-state index is 13.4. The van der Waals surface area contributed by atoms with Crippen LogP contribution in [0.15, 0.2) is 59.4 Å². The Bertz CT molecular complexity index is 1060. The van der Waals surface area contributed by atoms with Crippen molar-refractivity contribution in [2.75, 3.05) is 5.01 Å². The third-order valence-corrected chi connectivity index (χ3v) is 6.14. The van der Waals surface area contributed by atoms with E-state index < -0.39 is 6.10 Å². The first-order valence-electron chi connectivity index (χ1n) is 9.72. The van der Waals surface area contributed by atoms with E-state index in [0.29, 0.717) is 11.8 Å². The van der Waals surface area contributed by atoms with E-state index in [4.69, 9.17) is 4.98 Å². The Hall–Kier alpha value is -2.66. The van der Waals surface area contributed by atoms with E-state index >= 15 is 0 Å².